The lowest BCUT2D eigenvalue weighted by molar-refractivity contribution is 0.637. The maximum atomic E-state index is 5.93. The summed E-state index contributed by atoms with van der Waals surface area (Å²) in [4.78, 5) is 4.16. The molecule has 0 aliphatic carbocycles. The number of halogens is 2. The topological polar surface area (TPSA) is 37.0 Å². The first kappa shape index (κ1) is 13.9. The number of nitrogens with zero attached hydrogens (tertiary/aromatic N) is 1. The molecular formula is C15H15BrClN3. The SMILES string of the molecule is Clc1ncc(NC2CCNCc3ccccc32)cc1Br. The molecule has 1 atom stereocenters. The Balaban J connectivity index is 1.88. The molecule has 2 aromatic rings. The predicted octanol–water partition coefficient (Wildman–Crippen LogP) is 4.14. The van der Waals surface area contributed by atoms with Crippen LogP contribution in [0.2, 0.25) is 5.15 Å². The summed E-state index contributed by atoms with van der Waals surface area (Å²) in [6, 6.07) is 10.8. The quantitative estimate of drug-likeness (QED) is 0.798. The summed E-state index contributed by atoms with van der Waals surface area (Å²) in [6.07, 6.45) is 2.81. The molecule has 0 saturated heterocycles. The van der Waals surface area contributed by atoms with Crippen LogP contribution in [0.15, 0.2) is 41.0 Å². The van der Waals surface area contributed by atoms with Crippen molar-refractivity contribution in [2.45, 2.75) is 19.0 Å². The van der Waals surface area contributed by atoms with Crippen molar-refractivity contribution in [2.75, 3.05) is 11.9 Å². The number of benzene rings is 1. The van der Waals surface area contributed by atoms with Crippen LogP contribution in [-0.4, -0.2) is 11.5 Å². The minimum atomic E-state index is 0.288. The minimum absolute atomic E-state index is 0.288. The number of fused-ring (bicyclic) bond motifs is 1. The van der Waals surface area contributed by atoms with Crippen LogP contribution in [-0.2, 0) is 6.54 Å². The molecule has 1 aromatic heterocycles. The second kappa shape index (κ2) is 6.12. The van der Waals surface area contributed by atoms with Crippen molar-refractivity contribution < 1.29 is 0 Å². The summed E-state index contributed by atoms with van der Waals surface area (Å²) >= 11 is 9.35. The lowest BCUT2D eigenvalue weighted by Gasteiger charge is -2.20. The van der Waals surface area contributed by atoms with Crippen LogP contribution in [0, 0.1) is 0 Å². The highest BCUT2D eigenvalue weighted by Gasteiger charge is 2.18. The molecule has 3 rings (SSSR count). The third kappa shape index (κ3) is 2.97. The van der Waals surface area contributed by atoms with Crippen LogP contribution < -0.4 is 10.6 Å². The van der Waals surface area contributed by atoms with E-state index in [1.54, 1.807) is 6.20 Å². The average molecular weight is 353 g/mol. The van der Waals surface area contributed by atoms with E-state index in [1.807, 2.05) is 6.07 Å². The molecule has 1 unspecified atom stereocenters. The highest BCUT2D eigenvalue weighted by atomic mass is 79.9. The van der Waals surface area contributed by atoms with Crippen molar-refractivity contribution in [1.82, 2.24) is 10.3 Å². The second-order valence-corrected chi connectivity index (χ2v) is 6.07. The molecule has 0 spiro atoms. The standard InChI is InChI=1S/C15H15BrClN3/c16-13-7-11(9-19-15(13)17)20-14-5-6-18-8-10-3-1-2-4-12(10)14/h1-4,7,9,14,18,20H,5-6,8H2. The lowest BCUT2D eigenvalue weighted by Crippen LogP contribution is -2.15. The summed E-state index contributed by atoms with van der Waals surface area (Å²) in [7, 11) is 0. The fraction of sp³-hybridized carbons (Fsp3) is 0.267. The van der Waals surface area contributed by atoms with E-state index in [9.17, 15) is 0 Å². The van der Waals surface area contributed by atoms with Gasteiger partial charge in [0.2, 0.25) is 0 Å². The first-order chi connectivity index (χ1) is 9.74. The Morgan fingerprint density at radius 2 is 2.20 bits per heavy atom. The molecular weight excluding hydrogens is 338 g/mol. The van der Waals surface area contributed by atoms with Gasteiger partial charge in [-0.25, -0.2) is 4.98 Å². The van der Waals surface area contributed by atoms with E-state index >= 15 is 0 Å². The van der Waals surface area contributed by atoms with Gasteiger partial charge in [0.25, 0.3) is 0 Å². The van der Waals surface area contributed by atoms with Crippen LogP contribution in [0.4, 0.5) is 5.69 Å². The van der Waals surface area contributed by atoms with E-state index in [-0.39, 0.29) is 6.04 Å². The van der Waals surface area contributed by atoms with Crippen LogP contribution in [0.25, 0.3) is 0 Å². The molecule has 3 nitrogen and oxygen atoms in total. The van der Waals surface area contributed by atoms with E-state index in [1.165, 1.54) is 11.1 Å². The van der Waals surface area contributed by atoms with Gasteiger partial charge in [0.1, 0.15) is 5.15 Å². The van der Waals surface area contributed by atoms with Gasteiger partial charge in [-0.05, 0) is 46.1 Å². The molecule has 1 aromatic carbocycles. The van der Waals surface area contributed by atoms with Gasteiger partial charge in [-0.15, -0.1) is 0 Å². The Bertz CT molecular complexity index is 618. The van der Waals surface area contributed by atoms with Crippen molar-refractivity contribution in [1.29, 1.82) is 0 Å². The molecule has 20 heavy (non-hydrogen) atoms. The summed E-state index contributed by atoms with van der Waals surface area (Å²) in [5, 5.41) is 7.49. The number of anilines is 1. The van der Waals surface area contributed by atoms with Gasteiger partial charge in [0, 0.05) is 6.54 Å². The van der Waals surface area contributed by atoms with E-state index in [0.29, 0.717) is 5.15 Å². The molecule has 0 bridgehead atoms. The first-order valence-corrected chi connectivity index (χ1v) is 7.77. The molecule has 104 valence electrons. The zero-order chi connectivity index (χ0) is 13.9. The molecule has 1 aliphatic heterocycles. The Hall–Kier alpha value is -1.10. The third-order valence-corrected chi connectivity index (χ3v) is 4.63. The van der Waals surface area contributed by atoms with Crippen LogP contribution in [0.3, 0.4) is 0 Å². The molecule has 0 saturated carbocycles. The maximum absolute atomic E-state index is 5.93. The van der Waals surface area contributed by atoms with Gasteiger partial charge in [-0.2, -0.15) is 0 Å². The molecule has 2 heterocycles. The van der Waals surface area contributed by atoms with Crippen molar-refractivity contribution >= 4 is 33.2 Å². The van der Waals surface area contributed by atoms with Crippen LogP contribution in [0.1, 0.15) is 23.6 Å². The molecule has 5 heteroatoms. The largest absolute Gasteiger partial charge is 0.377 e. The monoisotopic (exact) mass is 351 g/mol. The van der Waals surface area contributed by atoms with Crippen molar-refractivity contribution in [3.8, 4) is 0 Å². The van der Waals surface area contributed by atoms with Crippen molar-refractivity contribution in [3.63, 3.8) is 0 Å². The molecule has 0 amide bonds. The highest BCUT2D eigenvalue weighted by Crippen LogP contribution is 2.29. The van der Waals surface area contributed by atoms with Crippen molar-refractivity contribution in [2.24, 2.45) is 0 Å². The van der Waals surface area contributed by atoms with Gasteiger partial charge >= 0.3 is 0 Å². The summed E-state index contributed by atoms with van der Waals surface area (Å²) in [5.41, 5.74) is 3.68. The molecule has 0 fully saturated rings. The number of hydrogen-bond donors (Lipinski definition) is 2. The number of rotatable bonds is 2. The fourth-order valence-corrected chi connectivity index (χ4v) is 2.96. The van der Waals surface area contributed by atoms with E-state index in [2.05, 4.69) is 55.8 Å². The zero-order valence-electron chi connectivity index (χ0n) is 10.9. The van der Waals surface area contributed by atoms with Gasteiger partial charge in [-0.1, -0.05) is 35.9 Å². The Morgan fingerprint density at radius 1 is 1.35 bits per heavy atom. The maximum Gasteiger partial charge on any atom is 0.143 e. The third-order valence-electron chi connectivity index (χ3n) is 3.49. The predicted molar refractivity (Wildman–Crippen MR) is 86.1 cm³/mol. The number of hydrogen-bond acceptors (Lipinski definition) is 3. The number of nitrogens with one attached hydrogen (secondary N) is 2. The molecule has 0 radical (unpaired) electrons. The van der Waals surface area contributed by atoms with E-state index in [0.717, 1.165) is 29.7 Å². The van der Waals surface area contributed by atoms with Gasteiger partial charge < -0.3 is 10.6 Å². The average Bonchev–Trinajstić information content (AvgIpc) is 2.66. The summed E-state index contributed by atoms with van der Waals surface area (Å²) in [6.45, 7) is 1.92. The smallest absolute Gasteiger partial charge is 0.143 e. The second-order valence-electron chi connectivity index (χ2n) is 4.86. The van der Waals surface area contributed by atoms with Crippen LogP contribution in [0.5, 0.6) is 0 Å². The van der Waals surface area contributed by atoms with Crippen molar-refractivity contribution in [3.05, 3.63) is 57.3 Å². The Morgan fingerprint density at radius 3 is 3.05 bits per heavy atom. The van der Waals surface area contributed by atoms with Gasteiger partial charge in [0.05, 0.1) is 22.4 Å². The molecule has 1 aliphatic rings. The fourth-order valence-electron chi connectivity index (χ4n) is 2.51. The van der Waals surface area contributed by atoms with Crippen LogP contribution >= 0.6 is 27.5 Å². The summed E-state index contributed by atoms with van der Waals surface area (Å²) in [5.74, 6) is 0. The number of pyridine rings is 1. The lowest BCUT2D eigenvalue weighted by atomic mass is 9.99. The zero-order valence-corrected chi connectivity index (χ0v) is 13.2. The van der Waals surface area contributed by atoms with E-state index in [4.69, 9.17) is 11.6 Å². The minimum Gasteiger partial charge on any atom is -0.377 e. The highest BCUT2D eigenvalue weighted by molar-refractivity contribution is 9.10. The number of aromatic nitrogens is 1. The molecule has 2 N–H and O–H groups in total. The van der Waals surface area contributed by atoms with E-state index < -0.39 is 0 Å². The normalized spacial score (nSPS) is 18.2. The Kier molecular flexibility index (Phi) is 4.24. The first-order valence-electron chi connectivity index (χ1n) is 6.60. The van der Waals surface area contributed by atoms with Gasteiger partial charge in [-0.3, -0.25) is 0 Å². The van der Waals surface area contributed by atoms with Gasteiger partial charge in [0.15, 0.2) is 0 Å². The Labute approximate surface area is 131 Å². The summed E-state index contributed by atoms with van der Waals surface area (Å²) < 4.78 is 0.809.